The Balaban J connectivity index is 1.57. The minimum absolute atomic E-state index is 0.257. The fourth-order valence-corrected chi connectivity index (χ4v) is 4.02. The molecule has 1 aromatic carbocycles. The molecule has 5 nitrogen and oxygen atoms in total. The van der Waals surface area contributed by atoms with Gasteiger partial charge in [-0.1, -0.05) is 23.7 Å². The van der Waals surface area contributed by atoms with E-state index >= 15 is 0 Å². The molecule has 2 amide bonds. The first-order valence-electron chi connectivity index (χ1n) is 13.5. The summed E-state index contributed by atoms with van der Waals surface area (Å²) in [5, 5.41) is 3.40. The molecule has 2 fully saturated rings. The van der Waals surface area contributed by atoms with Gasteiger partial charge in [0.2, 0.25) is 0 Å². The summed E-state index contributed by atoms with van der Waals surface area (Å²) in [5.41, 5.74) is 1.90. The van der Waals surface area contributed by atoms with Crippen LogP contribution in [0.2, 0.25) is 5.02 Å². The van der Waals surface area contributed by atoms with Crippen LogP contribution in [-0.2, 0) is 0 Å². The van der Waals surface area contributed by atoms with Gasteiger partial charge in [-0.15, -0.1) is 0 Å². The number of carbonyl (C=O) groups is 1. The highest BCUT2D eigenvalue weighted by molar-refractivity contribution is 6.34. The number of anilines is 1. The molecule has 0 aromatic heterocycles. The number of aryl methyl sites for hydroxylation is 1. The Morgan fingerprint density at radius 1 is 1.29 bits per heavy atom. The van der Waals surface area contributed by atoms with E-state index in [0.717, 1.165) is 11.3 Å². The van der Waals surface area contributed by atoms with Gasteiger partial charge in [-0.05, 0) is 63.0 Å². The minimum atomic E-state index is -2.52. The molecule has 28 heavy (non-hydrogen) atoms. The van der Waals surface area contributed by atoms with Gasteiger partial charge in [-0.3, -0.25) is 4.90 Å². The summed E-state index contributed by atoms with van der Waals surface area (Å²) < 4.78 is 57.0. The van der Waals surface area contributed by atoms with Gasteiger partial charge in [0.25, 0.3) is 0 Å². The van der Waals surface area contributed by atoms with Crippen LogP contribution in [0, 0.1) is 12.8 Å². The van der Waals surface area contributed by atoms with Gasteiger partial charge in [0.05, 0.1) is 10.7 Å². The third-order valence-corrected chi connectivity index (χ3v) is 6.07. The lowest BCUT2D eigenvalue weighted by Crippen LogP contribution is -2.47. The van der Waals surface area contributed by atoms with Crippen molar-refractivity contribution in [1.82, 2.24) is 15.1 Å². The second-order valence-electron chi connectivity index (χ2n) is 7.70. The Morgan fingerprint density at radius 3 is 2.68 bits per heavy atom. The van der Waals surface area contributed by atoms with Crippen molar-refractivity contribution in [1.29, 1.82) is 0 Å². The van der Waals surface area contributed by atoms with Crippen LogP contribution in [0.5, 0.6) is 0 Å². The van der Waals surface area contributed by atoms with E-state index in [9.17, 15) is 4.79 Å². The summed E-state index contributed by atoms with van der Waals surface area (Å²) in [6.45, 7) is -0.876. The summed E-state index contributed by atoms with van der Waals surface area (Å²) in [4.78, 5) is 16.6. The molecule has 2 aliphatic rings. The highest BCUT2D eigenvalue weighted by Crippen LogP contribution is 2.30. The summed E-state index contributed by atoms with van der Waals surface area (Å²) in [7, 11) is 1.22. The van der Waals surface area contributed by atoms with Gasteiger partial charge in [0.15, 0.2) is 0 Å². The maximum Gasteiger partial charge on any atom is 0.317 e. The Labute approximate surface area is 184 Å². The van der Waals surface area contributed by atoms with Crippen molar-refractivity contribution in [3.8, 4) is 0 Å². The van der Waals surface area contributed by atoms with E-state index in [1.54, 1.807) is 4.90 Å². The quantitative estimate of drug-likeness (QED) is 0.793. The summed E-state index contributed by atoms with van der Waals surface area (Å²) in [5.74, 6) is -0.504. The van der Waals surface area contributed by atoms with E-state index < -0.39 is 31.8 Å². The predicted molar refractivity (Wildman–Crippen MR) is 117 cm³/mol. The molecule has 0 atom stereocenters. The molecule has 3 rings (SSSR count). The maximum atomic E-state index is 12.2. The zero-order valence-corrected chi connectivity index (χ0v) is 17.4. The number of hydrogen-bond donors (Lipinski definition) is 1. The van der Waals surface area contributed by atoms with Gasteiger partial charge in [0, 0.05) is 55.8 Å². The highest BCUT2D eigenvalue weighted by Gasteiger charge is 2.24. The molecule has 1 saturated carbocycles. The van der Waals surface area contributed by atoms with Crippen molar-refractivity contribution < 1.29 is 14.4 Å². The Hall–Kier alpha value is -1.46. The van der Waals surface area contributed by atoms with E-state index in [4.69, 9.17) is 21.2 Å². The van der Waals surface area contributed by atoms with Gasteiger partial charge in [-0.25, -0.2) is 4.79 Å². The van der Waals surface area contributed by atoms with E-state index in [0.29, 0.717) is 61.8 Å². The monoisotopic (exact) mass is 413 g/mol. The first-order chi connectivity index (χ1) is 16.2. The highest BCUT2D eigenvalue weighted by atomic mass is 35.5. The maximum absolute atomic E-state index is 12.2. The molecule has 1 N–H and O–H groups in total. The number of urea groups is 1. The van der Waals surface area contributed by atoms with Crippen LogP contribution >= 0.6 is 11.6 Å². The van der Waals surface area contributed by atoms with Crippen LogP contribution in [0.1, 0.15) is 47.2 Å². The lowest BCUT2D eigenvalue weighted by molar-refractivity contribution is 0.194. The smallest absolute Gasteiger partial charge is 0.317 e. The fraction of sp³-hybridized carbons (Fsp3) is 0.682. The largest absolute Gasteiger partial charge is 0.368 e. The lowest BCUT2D eigenvalue weighted by atomic mass is 9.84. The number of nitrogens with one attached hydrogen (secondary N) is 1. The van der Waals surface area contributed by atoms with Crippen molar-refractivity contribution in [3.05, 3.63) is 28.8 Å². The average Bonchev–Trinajstić information content (AvgIpc) is 2.80. The number of piperazine rings is 1. The summed E-state index contributed by atoms with van der Waals surface area (Å²) in [6.07, 6.45) is -0.316. The van der Waals surface area contributed by atoms with Crippen LogP contribution in [-0.4, -0.2) is 68.6 Å². The topological polar surface area (TPSA) is 38.8 Å². The van der Waals surface area contributed by atoms with Crippen LogP contribution in [0.15, 0.2) is 18.2 Å². The molecule has 1 saturated heterocycles. The zero-order chi connectivity index (χ0) is 26.2. The standard InChI is InChI=1S/C22H35ClN4O/c1-17-5-4-6-20(21(17)23)27-15-13-26(14-16-27)12-11-18-7-9-19(10-8-18)24-22(28)25(2)3/h4-6,18-19H,7-16H2,1-3H3,(H,24,28)/t18-,19-/i2D3,11D2,12D2. The number of rotatable bonds is 5. The molecule has 6 heteroatoms. The number of nitrogens with zero attached hydrogens (tertiary/aromatic N) is 3. The van der Waals surface area contributed by atoms with Crippen LogP contribution in [0.3, 0.4) is 0 Å². The van der Waals surface area contributed by atoms with Gasteiger partial charge >= 0.3 is 6.03 Å². The molecule has 0 radical (unpaired) electrons. The molecule has 1 aromatic rings. The molecular weight excluding hydrogens is 372 g/mol. The molecule has 1 aliphatic carbocycles. The van der Waals surface area contributed by atoms with E-state index in [2.05, 4.69) is 10.2 Å². The van der Waals surface area contributed by atoms with Crippen molar-refractivity contribution >= 4 is 23.3 Å². The SMILES string of the molecule is [2H]C([2H])([2H])N(C)C(=O)N[C@H]1CC[C@H](C([2H])([2H])C([2H])([2H])N2CCN(c3cccc(C)c3Cl)CC2)CC1. The number of benzene rings is 1. The zero-order valence-electron chi connectivity index (χ0n) is 23.7. The van der Waals surface area contributed by atoms with Crippen LogP contribution < -0.4 is 10.2 Å². The molecule has 1 aliphatic heterocycles. The van der Waals surface area contributed by atoms with Gasteiger partial charge in [-0.2, -0.15) is 0 Å². The third-order valence-electron chi connectivity index (χ3n) is 5.58. The second kappa shape index (κ2) is 9.84. The minimum Gasteiger partial charge on any atom is -0.368 e. The summed E-state index contributed by atoms with van der Waals surface area (Å²) >= 11 is 6.46. The third kappa shape index (κ3) is 5.54. The molecule has 0 bridgehead atoms. The molecule has 156 valence electrons. The van der Waals surface area contributed by atoms with E-state index in [1.807, 2.05) is 25.1 Å². The van der Waals surface area contributed by atoms with E-state index in [1.165, 1.54) is 7.05 Å². The van der Waals surface area contributed by atoms with Gasteiger partial charge < -0.3 is 15.1 Å². The molecular formula is C22H35ClN4O. The molecule has 0 spiro atoms. The number of amides is 2. The number of halogens is 1. The Kier molecular flexibility index (Phi) is 4.82. The molecule has 1 heterocycles. The predicted octanol–water partition coefficient (Wildman–Crippen LogP) is 3.99. The van der Waals surface area contributed by atoms with Crippen LogP contribution in [0.25, 0.3) is 0 Å². The Morgan fingerprint density at radius 2 is 2.00 bits per heavy atom. The van der Waals surface area contributed by atoms with Crippen molar-refractivity contribution in [2.45, 2.75) is 45.0 Å². The van der Waals surface area contributed by atoms with Crippen molar-refractivity contribution in [2.24, 2.45) is 5.92 Å². The second-order valence-corrected chi connectivity index (χ2v) is 8.07. The number of hydrogen-bond acceptors (Lipinski definition) is 3. The lowest BCUT2D eigenvalue weighted by Gasteiger charge is -2.37. The normalized spacial score (nSPS) is 28.7. The van der Waals surface area contributed by atoms with Crippen molar-refractivity contribution in [3.63, 3.8) is 0 Å². The molecule has 0 unspecified atom stereocenters. The van der Waals surface area contributed by atoms with Crippen LogP contribution in [0.4, 0.5) is 10.5 Å². The van der Waals surface area contributed by atoms with Gasteiger partial charge in [0.1, 0.15) is 0 Å². The van der Waals surface area contributed by atoms with E-state index in [-0.39, 0.29) is 6.04 Å². The first kappa shape index (κ1) is 13.7. The summed E-state index contributed by atoms with van der Waals surface area (Å²) in [6, 6.07) is 4.90. The number of carbonyl (C=O) groups excluding carboxylic acids is 1. The fourth-order valence-electron chi connectivity index (χ4n) is 3.77. The first-order valence-corrected chi connectivity index (χ1v) is 10.3. The average molecular weight is 414 g/mol. The van der Waals surface area contributed by atoms with Crippen molar-refractivity contribution in [2.75, 3.05) is 51.6 Å². The Bertz CT molecular complexity index is 898.